The van der Waals surface area contributed by atoms with Crippen molar-refractivity contribution in [2.45, 2.75) is 57.4 Å². The summed E-state index contributed by atoms with van der Waals surface area (Å²) >= 11 is 5.79. The molecule has 0 spiro atoms. The molecule has 2 saturated carbocycles. The van der Waals surface area contributed by atoms with Crippen molar-refractivity contribution in [2.75, 3.05) is 12.4 Å². The quantitative estimate of drug-likeness (QED) is 0.680. The number of nitrogens with zero attached hydrogens (tertiary/aromatic N) is 1. The van der Waals surface area contributed by atoms with Crippen molar-refractivity contribution in [1.29, 1.82) is 0 Å². The van der Waals surface area contributed by atoms with Gasteiger partial charge in [-0.3, -0.25) is 4.79 Å². The van der Waals surface area contributed by atoms with Gasteiger partial charge in [0.2, 0.25) is 5.91 Å². The number of carbonyl (C=O) groups is 1. The van der Waals surface area contributed by atoms with E-state index in [1.807, 2.05) is 0 Å². The van der Waals surface area contributed by atoms with Crippen molar-refractivity contribution >= 4 is 17.5 Å². The van der Waals surface area contributed by atoms with Gasteiger partial charge in [-0.2, -0.15) is 0 Å². The van der Waals surface area contributed by atoms with Gasteiger partial charge in [-0.15, -0.1) is 11.6 Å². The molecule has 0 N–H and O–H groups in total. The van der Waals surface area contributed by atoms with Gasteiger partial charge in [0.05, 0.1) is 0 Å². The lowest BCUT2D eigenvalue weighted by Crippen LogP contribution is -2.45. The van der Waals surface area contributed by atoms with E-state index in [0.717, 1.165) is 13.0 Å². The first-order chi connectivity index (χ1) is 7.81. The van der Waals surface area contributed by atoms with Crippen LogP contribution in [0.2, 0.25) is 0 Å². The maximum Gasteiger partial charge on any atom is 0.223 e. The van der Waals surface area contributed by atoms with E-state index < -0.39 is 0 Å². The molecule has 3 heteroatoms. The molecule has 0 radical (unpaired) electrons. The lowest BCUT2D eigenvalue weighted by atomic mass is 9.90. The summed E-state index contributed by atoms with van der Waals surface area (Å²) in [6.45, 7) is 0.748. The average Bonchev–Trinajstić information content (AvgIpc) is 2.67. The third-order valence-electron chi connectivity index (χ3n) is 4.10. The van der Waals surface area contributed by atoms with Crippen molar-refractivity contribution in [2.24, 2.45) is 5.92 Å². The van der Waals surface area contributed by atoms with E-state index in [9.17, 15) is 4.79 Å². The fraction of sp³-hybridized carbons (Fsp3) is 0.923. The van der Waals surface area contributed by atoms with Gasteiger partial charge in [0.1, 0.15) is 0 Å². The third kappa shape index (κ3) is 2.91. The molecule has 0 bridgehead atoms. The number of carbonyl (C=O) groups excluding carboxylic acids is 1. The van der Waals surface area contributed by atoms with E-state index >= 15 is 0 Å². The summed E-state index contributed by atoms with van der Waals surface area (Å²) in [6, 6.07) is 0.507. The Morgan fingerprint density at radius 1 is 1.12 bits per heavy atom. The molecule has 0 aliphatic heterocycles. The summed E-state index contributed by atoms with van der Waals surface area (Å²) < 4.78 is 0. The molecular weight excluding hydrogens is 222 g/mol. The molecule has 2 nitrogen and oxygen atoms in total. The van der Waals surface area contributed by atoms with E-state index in [0.29, 0.717) is 23.7 Å². The normalized spacial score (nSPS) is 22.1. The molecule has 0 heterocycles. The van der Waals surface area contributed by atoms with Crippen molar-refractivity contribution in [3.05, 3.63) is 0 Å². The van der Waals surface area contributed by atoms with Crippen LogP contribution in [0.4, 0.5) is 0 Å². The summed E-state index contributed by atoms with van der Waals surface area (Å²) in [5.41, 5.74) is 0. The maximum atomic E-state index is 12.2. The second kappa shape index (κ2) is 5.90. The molecular formula is C13H22ClNO. The van der Waals surface area contributed by atoms with Gasteiger partial charge >= 0.3 is 0 Å². The minimum absolute atomic E-state index is 0.359. The van der Waals surface area contributed by atoms with Gasteiger partial charge < -0.3 is 4.90 Å². The molecule has 2 rings (SSSR count). The molecule has 1 amide bonds. The standard InChI is InChI=1S/C13H22ClNO/c14-8-9-15(12-6-3-7-12)13(16)10-11-4-1-2-5-11/h11-12H,1-10H2. The van der Waals surface area contributed by atoms with Crippen molar-refractivity contribution in [3.63, 3.8) is 0 Å². The van der Waals surface area contributed by atoms with Crippen LogP contribution in [0.25, 0.3) is 0 Å². The van der Waals surface area contributed by atoms with E-state index in [2.05, 4.69) is 4.90 Å². The molecule has 0 aromatic heterocycles. The molecule has 2 aliphatic rings. The highest BCUT2D eigenvalue weighted by atomic mass is 35.5. The molecule has 16 heavy (non-hydrogen) atoms. The number of halogens is 1. The van der Waals surface area contributed by atoms with Gasteiger partial charge in [0.25, 0.3) is 0 Å². The molecule has 0 atom stereocenters. The highest BCUT2D eigenvalue weighted by molar-refractivity contribution is 6.18. The van der Waals surface area contributed by atoms with Crippen LogP contribution < -0.4 is 0 Å². The average molecular weight is 244 g/mol. The van der Waals surface area contributed by atoms with Gasteiger partial charge in [-0.1, -0.05) is 12.8 Å². The Kier molecular flexibility index (Phi) is 4.51. The summed E-state index contributed by atoms with van der Waals surface area (Å²) in [4.78, 5) is 14.2. The third-order valence-corrected chi connectivity index (χ3v) is 4.27. The Bertz CT molecular complexity index is 234. The minimum atomic E-state index is 0.359. The SMILES string of the molecule is O=C(CC1CCCC1)N(CCCl)C1CCC1. The number of hydrogen-bond donors (Lipinski definition) is 0. The van der Waals surface area contributed by atoms with Crippen LogP contribution in [0.1, 0.15) is 51.4 Å². The maximum absolute atomic E-state index is 12.2. The predicted octanol–water partition coefficient (Wildman–Crippen LogP) is 3.19. The van der Waals surface area contributed by atoms with Crippen molar-refractivity contribution in [3.8, 4) is 0 Å². The smallest absolute Gasteiger partial charge is 0.223 e. The Balaban J connectivity index is 1.82. The van der Waals surface area contributed by atoms with Crippen LogP contribution in [0.3, 0.4) is 0 Å². The Labute approximate surface area is 103 Å². The zero-order chi connectivity index (χ0) is 11.4. The summed E-state index contributed by atoms with van der Waals surface area (Å²) in [5, 5.41) is 0. The zero-order valence-electron chi connectivity index (χ0n) is 9.96. The first-order valence-electron chi connectivity index (χ1n) is 6.66. The monoisotopic (exact) mass is 243 g/mol. The minimum Gasteiger partial charge on any atom is -0.339 e. The Morgan fingerprint density at radius 2 is 1.81 bits per heavy atom. The van der Waals surface area contributed by atoms with Crippen LogP contribution in [-0.2, 0) is 4.79 Å². The summed E-state index contributed by atoms with van der Waals surface area (Å²) in [5.74, 6) is 1.59. The molecule has 2 fully saturated rings. The lowest BCUT2D eigenvalue weighted by Gasteiger charge is -2.37. The Hall–Kier alpha value is -0.240. The Morgan fingerprint density at radius 3 is 2.31 bits per heavy atom. The molecule has 0 aromatic carbocycles. The van der Waals surface area contributed by atoms with E-state index in [1.165, 1.54) is 44.9 Å². The fourth-order valence-electron chi connectivity index (χ4n) is 2.88. The molecule has 0 saturated heterocycles. The topological polar surface area (TPSA) is 20.3 Å². The molecule has 92 valence electrons. The van der Waals surface area contributed by atoms with Crippen molar-refractivity contribution < 1.29 is 4.79 Å². The van der Waals surface area contributed by atoms with Gasteiger partial charge in [0, 0.05) is 24.9 Å². The first kappa shape index (κ1) is 12.2. The van der Waals surface area contributed by atoms with Crippen LogP contribution >= 0.6 is 11.6 Å². The summed E-state index contributed by atoms with van der Waals surface area (Å²) in [7, 11) is 0. The van der Waals surface area contributed by atoms with Gasteiger partial charge in [-0.05, 0) is 38.0 Å². The largest absolute Gasteiger partial charge is 0.339 e. The number of hydrogen-bond acceptors (Lipinski definition) is 1. The van der Waals surface area contributed by atoms with Gasteiger partial charge in [-0.25, -0.2) is 0 Å². The van der Waals surface area contributed by atoms with Gasteiger partial charge in [0.15, 0.2) is 0 Å². The fourth-order valence-corrected chi connectivity index (χ4v) is 3.06. The number of alkyl halides is 1. The van der Waals surface area contributed by atoms with E-state index in [-0.39, 0.29) is 0 Å². The lowest BCUT2D eigenvalue weighted by molar-refractivity contribution is -0.135. The van der Waals surface area contributed by atoms with Crippen LogP contribution in [-0.4, -0.2) is 29.3 Å². The predicted molar refractivity (Wildman–Crippen MR) is 66.6 cm³/mol. The molecule has 2 aliphatic carbocycles. The van der Waals surface area contributed by atoms with E-state index in [1.54, 1.807) is 0 Å². The zero-order valence-corrected chi connectivity index (χ0v) is 10.7. The highest BCUT2D eigenvalue weighted by Gasteiger charge is 2.29. The van der Waals surface area contributed by atoms with E-state index in [4.69, 9.17) is 11.6 Å². The van der Waals surface area contributed by atoms with Crippen LogP contribution in [0.15, 0.2) is 0 Å². The number of amides is 1. The van der Waals surface area contributed by atoms with Crippen LogP contribution in [0.5, 0.6) is 0 Å². The second-order valence-corrected chi connectivity index (χ2v) is 5.59. The molecule has 0 unspecified atom stereocenters. The first-order valence-corrected chi connectivity index (χ1v) is 7.20. The number of rotatable bonds is 5. The van der Waals surface area contributed by atoms with Crippen molar-refractivity contribution in [1.82, 2.24) is 4.90 Å². The second-order valence-electron chi connectivity index (χ2n) is 5.22. The summed E-state index contributed by atoms with van der Waals surface area (Å²) in [6.07, 6.45) is 9.57. The highest BCUT2D eigenvalue weighted by Crippen LogP contribution is 2.30. The van der Waals surface area contributed by atoms with Crippen LogP contribution in [0, 0.1) is 5.92 Å². The molecule has 0 aromatic rings.